The van der Waals surface area contributed by atoms with E-state index in [2.05, 4.69) is 31.2 Å². The third-order valence-electron chi connectivity index (χ3n) is 2.65. The van der Waals surface area contributed by atoms with Crippen LogP contribution in [0.4, 0.5) is 0 Å². The number of hydrogen-bond donors (Lipinski definition) is 2. The van der Waals surface area contributed by atoms with Crippen molar-refractivity contribution in [2.45, 2.75) is 46.3 Å². The summed E-state index contributed by atoms with van der Waals surface area (Å²) in [7, 11) is 0. The molecule has 2 N–H and O–H groups in total. The molecule has 16 heavy (non-hydrogen) atoms. The van der Waals surface area contributed by atoms with Crippen LogP contribution in [-0.2, 0) is 13.1 Å². The van der Waals surface area contributed by atoms with Gasteiger partial charge in [0.25, 0.3) is 0 Å². The number of nitrogens with one attached hydrogen (secondary N) is 1. The maximum atomic E-state index is 9.25. The molecule has 1 rings (SSSR count). The number of aliphatic hydroxyl groups excluding tert-OH is 1. The first-order valence-corrected chi connectivity index (χ1v) is 6.02. The minimum Gasteiger partial charge on any atom is -0.395 e. The van der Waals surface area contributed by atoms with Gasteiger partial charge in [-0.25, -0.2) is 0 Å². The highest BCUT2D eigenvalue weighted by atomic mass is 16.3. The largest absolute Gasteiger partial charge is 0.395 e. The Labute approximate surface area is 97.7 Å². The molecule has 0 aromatic carbocycles. The van der Waals surface area contributed by atoms with Gasteiger partial charge >= 0.3 is 0 Å². The number of aliphatic hydroxyl groups is 1. The van der Waals surface area contributed by atoms with E-state index in [-0.39, 0.29) is 12.6 Å². The number of hydrogen-bond acceptors (Lipinski definition) is 3. The summed E-state index contributed by atoms with van der Waals surface area (Å²) in [5.41, 5.74) is 1.17. The smallest absolute Gasteiger partial charge is 0.0584 e. The highest BCUT2D eigenvalue weighted by Crippen LogP contribution is 2.06. The fraction of sp³-hybridized carbons (Fsp3) is 0.750. The molecule has 0 bridgehead atoms. The molecule has 4 nitrogen and oxygen atoms in total. The van der Waals surface area contributed by atoms with Gasteiger partial charge in [0.15, 0.2) is 0 Å². The summed E-state index contributed by atoms with van der Waals surface area (Å²) in [6, 6.07) is 2.19. The van der Waals surface area contributed by atoms with E-state index >= 15 is 0 Å². The zero-order valence-corrected chi connectivity index (χ0v) is 10.5. The van der Waals surface area contributed by atoms with Gasteiger partial charge in [-0.05, 0) is 25.3 Å². The van der Waals surface area contributed by atoms with Crippen LogP contribution in [0.2, 0.25) is 0 Å². The summed E-state index contributed by atoms with van der Waals surface area (Å²) in [6.07, 6.45) is 2.81. The van der Waals surface area contributed by atoms with Crippen LogP contribution in [0.15, 0.2) is 12.3 Å². The Bertz CT molecular complexity index is 296. The third kappa shape index (κ3) is 3.94. The van der Waals surface area contributed by atoms with E-state index in [0.29, 0.717) is 5.92 Å². The average Bonchev–Trinajstić information content (AvgIpc) is 2.70. The van der Waals surface area contributed by atoms with Crippen molar-refractivity contribution >= 4 is 0 Å². The topological polar surface area (TPSA) is 50.1 Å². The number of aryl methyl sites for hydroxylation is 1. The fourth-order valence-corrected chi connectivity index (χ4v) is 1.84. The summed E-state index contributed by atoms with van der Waals surface area (Å²) < 4.78 is 1.97. The predicted molar refractivity (Wildman–Crippen MR) is 65.1 cm³/mol. The van der Waals surface area contributed by atoms with Crippen LogP contribution in [0.1, 0.15) is 32.9 Å². The first-order valence-electron chi connectivity index (χ1n) is 6.02. The monoisotopic (exact) mass is 225 g/mol. The molecule has 4 heteroatoms. The zero-order valence-electron chi connectivity index (χ0n) is 10.5. The lowest BCUT2D eigenvalue weighted by Gasteiger charge is -2.18. The quantitative estimate of drug-likeness (QED) is 0.737. The van der Waals surface area contributed by atoms with Crippen LogP contribution < -0.4 is 5.32 Å². The van der Waals surface area contributed by atoms with Crippen LogP contribution in [0, 0.1) is 5.92 Å². The zero-order chi connectivity index (χ0) is 12.0. The van der Waals surface area contributed by atoms with Gasteiger partial charge in [-0.3, -0.25) is 4.68 Å². The van der Waals surface area contributed by atoms with E-state index < -0.39 is 0 Å². The fourth-order valence-electron chi connectivity index (χ4n) is 1.84. The van der Waals surface area contributed by atoms with Gasteiger partial charge in [-0.1, -0.05) is 13.8 Å². The Hall–Kier alpha value is -0.870. The van der Waals surface area contributed by atoms with Gasteiger partial charge in [0.1, 0.15) is 0 Å². The van der Waals surface area contributed by atoms with Gasteiger partial charge in [-0.15, -0.1) is 0 Å². The van der Waals surface area contributed by atoms with Gasteiger partial charge in [0, 0.05) is 25.3 Å². The van der Waals surface area contributed by atoms with Crippen molar-refractivity contribution in [1.82, 2.24) is 15.1 Å². The molecule has 1 aromatic heterocycles. The highest BCUT2D eigenvalue weighted by molar-refractivity contribution is 5.00. The van der Waals surface area contributed by atoms with Crippen molar-refractivity contribution in [2.75, 3.05) is 6.61 Å². The van der Waals surface area contributed by atoms with Gasteiger partial charge < -0.3 is 10.4 Å². The summed E-state index contributed by atoms with van der Waals surface area (Å²) in [5, 5.41) is 16.8. The van der Waals surface area contributed by atoms with Crippen molar-refractivity contribution < 1.29 is 5.11 Å². The molecule has 0 aliphatic rings. The second-order valence-electron chi connectivity index (χ2n) is 4.53. The van der Waals surface area contributed by atoms with E-state index in [1.165, 1.54) is 5.69 Å². The second-order valence-corrected chi connectivity index (χ2v) is 4.53. The van der Waals surface area contributed by atoms with Gasteiger partial charge in [0.2, 0.25) is 0 Å². The molecule has 1 atom stereocenters. The molecule has 0 saturated heterocycles. The Morgan fingerprint density at radius 1 is 1.50 bits per heavy atom. The molecule has 0 saturated carbocycles. The first kappa shape index (κ1) is 13.2. The number of aromatic nitrogens is 2. The number of nitrogens with zero attached hydrogens (tertiary/aromatic N) is 2. The van der Waals surface area contributed by atoms with Crippen LogP contribution in [-0.4, -0.2) is 27.5 Å². The third-order valence-corrected chi connectivity index (χ3v) is 2.65. The van der Waals surface area contributed by atoms with Crippen molar-refractivity contribution in [1.29, 1.82) is 0 Å². The van der Waals surface area contributed by atoms with Crippen LogP contribution >= 0.6 is 0 Å². The van der Waals surface area contributed by atoms with Crippen LogP contribution in [0.3, 0.4) is 0 Å². The van der Waals surface area contributed by atoms with Crippen molar-refractivity contribution in [3.8, 4) is 0 Å². The van der Waals surface area contributed by atoms with Crippen molar-refractivity contribution in [3.63, 3.8) is 0 Å². The number of rotatable bonds is 7. The van der Waals surface area contributed by atoms with Crippen molar-refractivity contribution in [3.05, 3.63) is 18.0 Å². The molecular formula is C12H23N3O. The van der Waals surface area contributed by atoms with Gasteiger partial charge in [-0.2, -0.15) is 5.10 Å². The lowest BCUT2D eigenvalue weighted by molar-refractivity contribution is 0.222. The predicted octanol–water partition coefficient (Wildman–Crippen LogP) is 1.40. The minimum absolute atomic E-state index is 0.181. The molecule has 0 aliphatic heterocycles. The highest BCUT2D eigenvalue weighted by Gasteiger charge is 2.10. The van der Waals surface area contributed by atoms with Crippen LogP contribution in [0.25, 0.3) is 0 Å². The summed E-state index contributed by atoms with van der Waals surface area (Å²) in [4.78, 5) is 0. The molecule has 0 aliphatic carbocycles. The molecule has 1 aromatic rings. The van der Waals surface area contributed by atoms with E-state index in [0.717, 1.165) is 19.5 Å². The standard InChI is InChI=1S/C12H23N3O/c1-4-15-12(5-6-14-15)8-13-11(9-16)7-10(2)3/h5-6,10-11,13,16H,4,7-9H2,1-3H3. The van der Waals surface area contributed by atoms with E-state index in [4.69, 9.17) is 0 Å². The maximum absolute atomic E-state index is 9.25. The van der Waals surface area contributed by atoms with Crippen LogP contribution in [0.5, 0.6) is 0 Å². The average molecular weight is 225 g/mol. The Kier molecular flexibility index (Phi) is 5.49. The first-order chi connectivity index (χ1) is 7.67. The SMILES string of the molecule is CCn1nccc1CNC(CO)CC(C)C. The molecule has 0 radical (unpaired) electrons. The maximum Gasteiger partial charge on any atom is 0.0584 e. The minimum atomic E-state index is 0.181. The Balaban J connectivity index is 2.43. The second kappa shape index (κ2) is 6.66. The normalized spacial score (nSPS) is 13.3. The molecular weight excluding hydrogens is 202 g/mol. The van der Waals surface area contributed by atoms with E-state index in [1.54, 1.807) is 0 Å². The van der Waals surface area contributed by atoms with Gasteiger partial charge in [0.05, 0.1) is 12.3 Å². The Morgan fingerprint density at radius 2 is 2.25 bits per heavy atom. The molecule has 92 valence electrons. The van der Waals surface area contributed by atoms with Crippen molar-refractivity contribution in [2.24, 2.45) is 5.92 Å². The Morgan fingerprint density at radius 3 is 2.81 bits per heavy atom. The lowest BCUT2D eigenvalue weighted by atomic mass is 10.0. The lowest BCUT2D eigenvalue weighted by Crippen LogP contribution is -2.33. The molecule has 1 unspecified atom stereocenters. The molecule has 0 amide bonds. The van der Waals surface area contributed by atoms with E-state index in [1.807, 2.05) is 16.9 Å². The summed E-state index contributed by atoms with van der Waals surface area (Å²) >= 11 is 0. The van der Waals surface area contributed by atoms with E-state index in [9.17, 15) is 5.11 Å². The molecule has 0 fully saturated rings. The molecule has 0 spiro atoms. The summed E-state index contributed by atoms with van der Waals surface area (Å²) in [5.74, 6) is 0.598. The summed E-state index contributed by atoms with van der Waals surface area (Å²) in [6.45, 7) is 8.26. The molecule has 1 heterocycles.